The zero-order valence-corrected chi connectivity index (χ0v) is 13.1. The molecule has 2 aromatic rings. The molecule has 0 spiro atoms. The summed E-state index contributed by atoms with van der Waals surface area (Å²) in [6, 6.07) is 12.9. The topological polar surface area (TPSA) is 41.1 Å². The van der Waals surface area contributed by atoms with Gasteiger partial charge in [-0.25, -0.2) is 0 Å². The molecule has 0 saturated carbocycles. The van der Waals surface area contributed by atoms with Crippen molar-refractivity contribution in [2.75, 3.05) is 17.2 Å². The molecule has 3 nitrogen and oxygen atoms in total. The summed E-state index contributed by atoms with van der Waals surface area (Å²) in [6.45, 7) is 2.22. The highest BCUT2D eigenvalue weighted by molar-refractivity contribution is 6.42. The van der Waals surface area contributed by atoms with Crippen LogP contribution in [0.2, 0.25) is 10.0 Å². The number of aryl methyl sites for hydroxylation is 1. The third-order valence-electron chi connectivity index (χ3n) is 3.05. The molecule has 0 aliphatic rings. The maximum Gasteiger partial charge on any atom is 0.243 e. The van der Waals surface area contributed by atoms with Crippen LogP contribution in [0, 0.1) is 0 Å². The molecule has 1 amide bonds. The van der Waals surface area contributed by atoms with Crippen molar-refractivity contribution in [2.45, 2.75) is 13.3 Å². The van der Waals surface area contributed by atoms with E-state index in [4.69, 9.17) is 23.2 Å². The Morgan fingerprint density at radius 3 is 2.57 bits per heavy atom. The Bertz CT molecular complexity index is 644. The molecule has 2 aromatic carbocycles. The first-order valence-electron chi connectivity index (χ1n) is 6.67. The minimum Gasteiger partial charge on any atom is -0.376 e. The van der Waals surface area contributed by atoms with Gasteiger partial charge in [0.15, 0.2) is 0 Å². The number of para-hydroxylation sites is 1. The largest absolute Gasteiger partial charge is 0.376 e. The van der Waals surface area contributed by atoms with Crippen LogP contribution in [0.1, 0.15) is 12.5 Å². The molecule has 2 rings (SSSR count). The Labute approximate surface area is 134 Å². The Morgan fingerprint density at radius 2 is 1.86 bits per heavy atom. The monoisotopic (exact) mass is 322 g/mol. The van der Waals surface area contributed by atoms with Crippen LogP contribution in [-0.4, -0.2) is 12.5 Å². The fraction of sp³-hybridized carbons (Fsp3) is 0.188. The average molecular weight is 323 g/mol. The van der Waals surface area contributed by atoms with Crippen molar-refractivity contribution >= 4 is 40.5 Å². The van der Waals surface area contributed by atoms with Gasteiger partial charge >= 0.3 is 0 Å². The van der Waals surface area contributed by atoms with Crippen LogP contribution >= 0.6 is 23.2 Å². The Morgan fingerprint density at radius 1 is 1.10 bits per heavy atom. The van der Waals surface area contributed by atoms with Gasteiger partial charge in [0.1, 0.15) is 0 Å². The summed E-state index contributed by atoms with van der Waals surface area (Å²) in [6.07, 6.45) is 0.872. The second-order valence-corrected chi connectivity index (χ2v) is 5.36. The SMILES string of the molecule is CCc1ccccc1NC(=O)CNc1ccc(Cl)c(Cl)c1. The van der Waals surface area contributed by atoms with E-state index in [-0.39, 0.29) is 12.5 Å². The van der Waals surface area contributed by atoms with Crippen molar-refractivity contribution in [1.82, 2.24) is 0 Å². The number of carbonyl (C=O) groups excluding carboxylic acids is 1. The number of amides is 1. The van der Waals surface area contributed by atoms with Crippen molar-refractivity contribution < 1.29 is 4.79 Å². The number of hydrogen-bond acceptors (Lipinski definition) is 2. The lowest BCUT2D eigenvalue weighted by Gasteiger charge is -2.11. The predicted octanol–water partition coefficient (Wildman–Crippen LogP) is 4.61. The highest BCUT2D eigenvalue weighted by Crippen LogP contribution is 2.24. The van der Waals surface area contributed by atoms with Crippen molar-refractivity contribution in [2.24, 2.45) is 0 Å². The first kappa shape index (κ1) is 15.7. The number of benzene rings is 2. The van der Waals surface area contributed by atoms with E-state index in [1.165, 1.54) is 0 Å². The lowest BCUT2D eigenvalue weighted by atomic mass is 10.1. The molecule has 0 saturated heterocycles. The van der Waals surface area contributed by atoms with Crippen molar-refractivity contribution in [3.05, 3.63) is 58.1 Å². The van der Waals surface area contributed by atoms with Crippen molar-refractivity contribution in [3.63, 3.8) is 0 Å². The molecule has 0 atom stereocenters. The fourth-order valence-corrected chi connectivity index (χ4v) is 2.23. The Balaban J connectivity index is 1.94. The standard InChI is InChI=1S/C16H16Cl2N2O/c1-2-11-5-3-4-6-15(11)20-16(21)10-19-12-7-8-13(17)14(18)9-12/h3-9,19H,2,10H2,1H3,(H,20,21). The number of halogens is 2. The van der Waals surface area contributed by atoms with E-state index < -0.39 is 0 Å². The van der Waals surface area contributed by atoms with E-state index in [0.717, 1.165) is 23.4 Å². The van der Waals surface area contributed by atoms with Gasteiger partial charge in [-0.2, -0.15) is 0 Å². The van der Waals surface area contributed by atoms with Crippen LogP contribution < -0.4 is 10.6 Å². The number of carbonyl (C=O) groups is 1. The maximum atomic E-state index is 12.0. The summed E-state index contributed by atoms with van der Waals surface area (Å²) in [4.78, 5) is 12.0. The highest BCUT2D eigenvalue weighted by Gasteiger charge is 2.06. The normalized spacial score (nSPS) is 10.2. The molecule has 0 aliphatic carbocycles. The number of hydrogen-bond donors (Lipinski definition) is 2. The molecule has 0 unspecified atom stereocenters. The molecule has 0 aliphatic heterocycles. The molecule has 0 fully saturated rings. The van der Waals surface area contributed by atoms with Crippen LogP contribution in [0.15, 0.2) is 42.5 Å². The average Bonchev–Trinajstić information content (AvgIpc) is 2.49. The van der Waals surface area contributed by atoms with Gasteiger partial charge in [0, 0.05) is 11.4 Å². The highest BCUT2D eigenvalue weighted by atomic mass is 35.5. The zero-order valence-electron chi connectivity index (χ0n) is 11.6. The van der Waals surface area contributed by atoms with Gasteiger partial charge in [-0.3, -0.25) is 4.79 Å². The fourth-order valence-electron chi connectivity index (χ4n) is 1.93. The molecule has 5 heteroatoms. The smallest absolute Gasteiger partial charge is 0.243 e. The first-order chi connectivity index (χ1) is 10.1. The van der Waals surface area contributed by atoms with Crippen molar-refractivity contribution in [1.29, 1.82) is 0 Å². The Kier molecular flexibility index (Phi) is 5.48. The van der Waals surface area contributed by atoms with E-state index in [1.807, 2.05) is 24.3 Å². The lowest BCUT2D eigenvalue weighted by molar-refractivity contribution is -0.114. The minimum atomic E-state index is -0.109. The van der Waals surface area contributed by atoms with Crippen LogP contribution in [0.4, 0.5) is 11.4 Å². The summed E-state index contributed by atoms with van der Waals surface area (Å²) in [5.74, 6) is -0.109. The van der Waals surface area contributed by atoms with Crippen LogP contribution in [0.5, 0.6) is 0 Å². The Hall–Kier alpha value is -1.71. The zero-order chi connectivity index (χ0) is 15.2. The number of rotatable bonds is 5. The second-order valence-electron chi connectivity index (χ2n) is 4.54. The summed E-state index contributed by atoms with van der Waals surface area (Å²) >= 11 is 11.8. The molecule has 0 heterocycles. The van der Waals surface area contributed by atoms with Gasteiger partial charge in [0.25, 0.3) is 0 Å². The maximum absolute atomic E-state index is 12.0. The second kappa shape index (κ2) is 7.34. The van der Waals surface area contributed by atoms with Gasteiger partial charge in [-0.1, -0.05) is 48.3 Å². The quantitative estimate of drug-likeness (QED) is 0.844. The van der Waals surface area contributed by atoms with Crippen LogP contribution in [0.25, 0.3) is 0 Å². The molecular weight excluding hydrogens is 307 g/mol. The molecule has 0 bridgehead atoms. The predicted molar refractivity (Wildman–Crippen MR) is 89.4 cm³/mol. The summed E-state index contributed by atoms with van der Waals surface area (Å²) < 4.78 is 0. The molecule has 0 radical (unpaired) electrons. The lowest BCUT2D eigenvalue weighted by Crippen LogP contribution is -2.22. The van der Waals surface area contributed by atoms with Crippen LogP contribution in [0.3, 0.4) is 0 Å². The summed E-state index contributed by atoms with van der Waals surface area (Å²) in [7, 11) is 0. The number of nitrogens with one attached hydrogen (secondary N) is 2. The van der Waals surface area contributed by atoms with Gasteiger partial charge in [-0.05, 0) is 36.2 Å². The van der Waals surface area contributed by atoms with E-state index >= 15 is 0 Å². The van der Waals surface area contributed by atoms with E-state index in [9.17, 15) is 4.79 Å². The van der Waals surface area contributed by atoms with Gasteiger partial charge in [0.2, 0.25) is 5.91 Å². The molecule has 0 aromatic heterocycles. The van der Waals surface area contributed by atoms with E-state index in [2.05, 4.69) is 17.6 Å². The first-order valence-corrected chi connectivity index (χ1v) is 7.42. The third-order valence-corrected chi connectivity index (χ3v) is 3.78. The molecule has 2 N–H and O–H groups in total. The van der Waals surface area contributed by atoms with Gasteiger partial charge < -0.3 is 10.6 Å². The molecule has 21 heavy (non-hydrogen) atoms. The third kappa shape index (κ3) is 4.38. The summed E-state index contributed by atoms with van der Waals surface area (Å²) in [5, 5.41) is 6.86. The van der Waals surface area contributed by atoms with Crippen molar-refractivity contribution in [3.8, 4) is 0 Å². The molecule has 110 valence electrons. The summed E-state index contributed by atoms with van der Waals surface area (Å²) in [5.41, 5.74) is 2.71. The van der Waals surface area contributed by atoms with Gasteiger partial charge in [-0.15, -0.1) is 0 Å². The molecular formula is C16H16Cl2N2O. The van der Waals surface area contributed by atoms with E-state index in [0.29, 0.717) is 10.0 Å². The number of anilines is 2. The minimum absolute atomic E-state index is 0.109. The van der Waals surface area contributed by atoms with Gasteiger partial charge in [0.05, 0.1) is 16.6 Å². The van der Waals surface area contributed by atoms with E-state index in [1.54, 1.807) is 18.2 Å². The van der Waals surface area contributed by atoms with Crippen LogP contribution in [-0.2, 0) is 11.2 Å².